The van der Waals surface area contributed by atoms with Gasteiger partial charge < -0.3 is 19.5 Å². The smallest absolute Gasteiger partial charge is 0.410 e. The van der Waals surface area contributed by atoms with Gasteiger partial charge in [-0.1, -0.05) is 18.7 Å². The number of piperidine rings is 1. The number of hydrogen-bond donors (Lipinski definition) is 1. The molecule has 0 bridgehead atoms. The number of carbonyl (C=O) groups excluding carboxylic acids is 1. The number of carbonyl (C=O) groups is 2. The summed E-state index contributed by atoms with van der Waals surface area (Å²) >= 11 is 0. The molecular weight excluding hydrogens is 262 g/mol. The maximum Gasteiger partial charge on any atom is 0.410 e. The zero-order valence-corrected chi connectivity index (χ0v) is 11.5. The van der Waals surface area contributed by atoms with Crippen LogP contribution >= 0.6 is 0 Å². The van der Waals surface area contributed by atoms with E-state index in [2.05, 4.69) is 13.2 Å². The van der Waals surface area contributed by atoms with Crippen LogP contribution in [0.2, 0.25) is 0 Å². The van der Waals surface area contributed by atoms with Crippen LogP contribution in [0.3, 0.4) is 0 Å². The second-order valence-electron chi connectivity index (χ2n) is 4.78. The summed E-state index contributed by atoms with van der Waals surface area (Å²) in [5, 5.41) is 9.46. The van der Waals surface area contributed by atoms with Gasteiger partial charge in [-0.2, -0.15) is 0 Å². The summed E-state index contributed by atoms with van der Waals surface area (Å²) in [5.74, 6) is -0.956. The summed E-state index contributed by atoms with van der Waals surface area (Å²) in [4.78, 5) is 24.8. The van der Waals surface area contributed by atoms with Gasteiger partial charge in [-0.05, 0) is 12.8 Å². The van der Waals surface area contributed by atoms with Crippen molar-refractivity contribution in [2.45, 2.75) is 12.8 Å². The molecule has 1 N–H and O–H groups in total. The Kier molecular flexibility index (Phi) is 6.24. The molecule has 6 heteroatoms. The highest BCUT2D eigenvalue weighted by atomic mass is 16.6. The minimum atomic E-state index is -1.07. The number of hydrogen-bond acceptors (Lipinski definition) is 4. The quantitative estimate of drug-likeness (QED) is 0.568. The Labute approximate surface area is 118 Å². The highest BCUT2D eigenvalue weighted by Crippen LogP contribution is 2.31. The van der Waals surface area contributed by atoms with Crippen molar-refractivity contribution in [2.24, 2.45) is 5.41 Å². The number of nitrogens with zero attached hydrogens (tertiary/aromatic N) is 1. The highest BCUT2D eigenvalue weighted by Gasteiger charge is 2.44. The van der Waals surface area contributed by atoms with E-state index in [4.69, 9.17) is 9.47 Å². The summed E-state index contributed by atoms with van der Waals surface area (Å²) in [6.45, 7) is 8.03. The van der Waals surface area contributed by atoms with Crippen LogP contribution in [0, 0.1) is 5.41 Å². The van der Waals surface area contributed by atoms with E-state index in [1.54, 1.807) is 6.08 Å². The molecule has 1 heterocycles. The lowest BCUT2D eigenvalue weighted by atomic mass is 9.81. The van der Waals surface area contributed by atoms with Gasteiger partial charge >= 0.3 is 12.1 Å². The van der Waals surface area contributed by atoms with Gasteiger partial charge in [0.1, 0.15) is 12.0 Å². The first-order chi connectivity index (χ1) is 9.55. The van der Waals surface area contributed by atoms with Crippen LogP contribution in [0.25, 0.3) is 0 Å². The topological polar surface area (TPSA) is 76.1 Å². The highest BCUT2D eigenvalue weighted by molar-refractivity contribution is 5.77. The van der Waals surface area contributed by atoms with Gasteiger partial charge in [-0.25, -0.2) is 4.79 Å². The Balaban J connectivity index is 2.70. The molecule has 0 spiro atoms. The van der Waals surface area contributed by atoms with Gasteiger partial charge in [-0.3, -0.25) is 4.79 Å². The Morgan fingerprint density at radius 3 is 2.60 bits per heavy atom. The molecule has 1 fully saturated rings. The van der Waals surface area contributed by atoms with Crippen LogP contribution in [0.1, 0.15) is 12.8 Å². The van der Waals surface area contributed by atoms with Crippen molar-refractivity contribution in [3.63, 3.8) is 0 Å². The van der Waals surface area contributed by atoms with E-state index >= 15 is 0 Å². The molecule has 1 atom stereocenters. The second kappa shape index (κ2) is 7.69. The maximum absolute atomic E-state index is 11.8. The Morgan fingerprint density at radius 1 is 1.30 bits per heavy atom. The zero-order chi connectivity index (χ0) is 15.0. The number of likely N-dealkylation sites (tertiary alicyclic amines) is 1. The van der Waals surface area contributed by atoms with Crippen molar-refractivity contribution in [1.29, 1.82) is 0 Å². The van der Waals surface area contributed by atoms with Gasteiger partial charge in [0.25, 0.3) is 0 Å². The standard InChI is InChI=1S/C14H21NO5/c1-3-8-19-11-14(12(16)17)6-5-7-15(10-14)13(18)20-9-4-2/h3-4H,1-2,5-11H2,(H,16,17). The number of carboxylic acids is 1. The molecule has 1 unspecified atom stereocenters. The van der Waals surface area contributed by atoms with Gasteiger partial charge in [0, 0.05) is 13.1 Å². The number of carboxylic acid groups (broad SMARTS) is 1. The third-order valence-electron chi connectivity index (χ3n) is 3.23. The Morgan fingerprint density at radius 2 is 2.00 bits per heavy atom. The second-order valence-corrected chi connectivity index (χ2v) is 4.78. The van der Waals surface area contributed by atoms with Gasteiger partial charge in [-0.15, -0.1) is 6.58 Å². The molecule has 20 heavy (non-hydrogen) atoms. The molecule has 1 aliphatic rings. The lowest BCUT2D eigenvalue weighted by molar-refractivity contribution is -0.156. The summed E-state index contributed by atoms with van der Waals surface area (Å²) < 4.78 is 10.3. The molecule has 0 radical (unpaired) electrons. The lowest BCUT2D eigenvalue weighted by Gasteiger charge is -2.38. The number of amides is 1. The van der Waals surface area contributed by atoms with Crippen LogP contribution < -0.4 is 0 Å². The van der Waals surface area contributed by atoms with Crippen molar-refractivity contribution in [3.8, 4) is 0 Å². The van der Waals surface area contributed by atoms with E-state index in [0.29, 0.717) is 19.4 Å². The van der Waals surface area contributed by atoms with Gasteiger partial charge in [0.15, 0.2) is 0 Å². The molecule has 0 aromatic rings. The zero-order valence-electron chi connectivity index (χ0n) is 11.5. The summed E-state index contributed by atoms with van der Waals surface area (Å²) in [6, 6.07) is 0. The largest absolute Gasteiger partial charge is 0.481 e. The molecule has 0 aliphatic carbocycles. The van der Waals surface area contributed by atoms with E-state index in [-0.39, 0.29) is 26.4 Å². The molecule has 6 nitrogen and oxygen atoms in total. The molecule has 1 aliphatic heterocycles. The van der Waals surface area contributed by atoms with E-state index in [0.717, 1.165) is 0 Å². The monoisotopic (exact) mass is 283 g/mol. The predicted octanol–water partition coefficient (Wildman–Crippen LogP) is 1.68. The van der Waals surface area contributed by atoms with Crippen molar-refractivity contribution in [2.75, 3.05) is 32.9 Å². The average molecular weight is 283 g/mol. The van der Waals surface area contributed by atoms with Crippen molar-refractivity contribution < 1.29 is 24.2 Å². The van der Waals surface area contributed by atoms with Gasteiger partial charge in [0.2, 0.25) is 0 Å². The van der Waals surface area contributed by atoms with Crippen LogP contribution in [-0.2, 0) is 14.3 Å². The number of ether oxygens (including phenoxy) is 2. The maximum atomic E-state index is 11.8. The fourth-order valence-electron chi connectivity index (χ4n) is 2.20. The fourth-order valence-corrected chi connectivity index (χ4v) is 2.20. The first-order valence-corrected chi connectivity index (χ1v) is 6.50. The third kappa shape index (κ3) is 4.09. The molecule has 1 rings (SSSR count). The van der Waals surface area contributed by atoms with E-state index < -0.39 is 17.5 Å². The van der Waals surface area contributed by atoms with E-state index in [1.807, 2.05) is 0 Å². The van der Waals surface area contributed by atoms with Crippen LogP contribution in [0.4, 0.5) is 4.79 Å². The van der Waals surface area contributed by atoms with Crippen LogP contribution in [0.5, 0.6) is 0 Å². The minimum absolute atomic E-state index is 0.0552. The lowest BCUT2D eigenvalue weighted by Crippen LogP contribution is -2.52. The molecule has 0 aromatic carbocycles. The van der Waals surface area contributed by atoms with Crippen LogP contribution in [0.15, 0.2) is 25.3 Å². The SMILES string of the molecule is C=CCOCC1(C(=O)O)CCCN(C(=O)OCC=C)C1. The molecule has 112 valence electrons. The minimum Gasteiger partial charge on any atom is -0.481 e. The first kappa shape index (κ1) is 16.2. The van der Waals surface area contributed by atoms with Crippen molar-refractivity contribution in [1.82, 2.24) is 4.90 Å². The molecule has 0 saturated carbocycles. The Hall–Kier alpha value is -1.82. The fraction of sp³-hybridized carbons (Fsp3) is 0.571. The van der Waals surface area contributed by atoms with Crippen LogP contribution in [-0.4, -0.2) is 55.0 Å². The average Bonchev–Trinajstić information content (AvgIpc) is 2.45. The van der Waals surface area contributed by atoms with E-state index in [1.165, 1.54) is 11.0 Å². The van der Waals surface area contributed by atoms with Crippen molar-refractivity contribution >= 4 is 12.1 Å². The summed E-state index contributed by atoms with van der Waals surface area (Å²) in [6.07, 6.45) is 3.60. The summed E-state index contributed by atoms with van der Waals surface area (Å²) in [5.41, 5.74) is -1.07. The molecule has 1 saturated heterocycles. The number of rotatable bonds is 7. The third-order valence-corrected chi connectivity index (χ3v) is 3.23. The molecule has 0 aromatic heterocycles. The molecule has 1 amide bonds. The molecular formula is C14H21NO5. The van der Waals surface area contributed by atoms with Gasteiger partial charge in [0.05, 0.1) is 13.2 Å². The predicted molar refractivity (Wildman–Crippen MR) is 73.4 cm³/mol. The number of aliphatic carboxylic acids is 1. The first-order valence-electron chi connectivity index (χ1n) is 6.50. The Bertz CT molecular complexity index is 382. The summed E-state index contributed by atoms with van der Waals surface area (Å²) in [7, 11) is 0. The van der Waals surface area contributed by atoms with E-state index in [9.17, 15) is 14.7 Å². The normalized spacial score (nSPS) is 22.1. The van der Waals surface area contributed by atoms with Crippen molar-refractivity contribution in [3.05, 3.63) is 25.3 Å².